The van der Waals surface area contributed by atoms with Crippen LogP contribution >= 0.6 is 0 Å². The molecule has 2 N–H and O–H groups in total. The minimum Gasteiger partial charge on any atom is -0.497 e. The summed E-state index contributed by atoms with van der Waals surface area (Å²) in [6.07, 6.45) is 3.98. The Bertz CT molecular complexity index is 462. The van der Waals surface area contributed by atoms with Gasteiger partial charge in [0.1, 0.15) is 5.75 Å². The topological polar surface area (TPSA) is 50.4 Å². The van der Waals surface area contributed by atoms with E-state index in [1.54, 1.807) is 7.11 Å². The van der Waals surface area contributed by atoms with Crippen LogP contribution in [0.4, 0.5) is 0 Å². The van der Waals surface area contributed by atoms with Crippen LogP contribution in [0.25, 0.3) is 0 Å². The molecule has 1 aromatic rings. The third-order valence-electron chi connectivity index (χ3n) is 4.54. The van der Waals surface area contributed by atoms with E-state index in [-0.39, 0.29) is 11.4 Å². The summed E-state index contributed by atoms with van der Waals surface area (Å²) in [4.78, 5) is 11.9. The van der Waals surface area contributed by atoms with Crippen LogP contribution in [0.15, 0.2) is 24.3 Å². The fourth-order valence-corrected chi connectivity index (χ4v) is 3.27. The Labute approximate surface area is 113 Å². The Morgan fingerprint density at radius 2 is 1.89 bits per heavy atom. The van der Waals surface area contributed by atoms with Gasteiger partial charge in [-0.25, -0.2) is 0 Å². The van der Waals surface area contributed by atoms with E-state index in [1.165, 1.54) is 5.56 Å². The minimum atomic E-state index is -0.289. The summed E-state index contributed by atoms with van der Waals surface area (Å²) in [7, 11) is 1.68. The van der Waals surface area contributed by atoms with Gasteiger partial charge in [-0.05, 0) is 49.3 Å². The van der Waals surface area contributed by atoms with Gasteiger partial charge < -0.3 is 10.1 Å². The van der Waals surface area contributed by atoms with Crippen molar-refractivity contribution in [2.45, 2.75) is 37.1 Å². The summed E-state index contributed by atoms with van der Waals surface area (Å²) in [5, 5.41) is 6.21. The first-order valence-electron chi connectivity index (χ1n) is 6.91. The van der Waals surface area contributed by atoms with Crippen molar-refractivity contribution in [3.8, 4) is 5.75 Å². The normalized spacial score (nSPS) is 30.4. The molecule has 1 aliphatic heterocycles. The molecule has 1 saturated heterocycles. The van der Waals surface area contributed by atoms with E-state index in [0.717, 1.165) is 31.4 Å². The van der Waals surface area contributed by atoms with Crippen molar-refractivity contribution < 1.29 is 9.53 Å². The van der Waals surface area contributed by atoms with Gasteiger partial charge in [-0.1, -0.05) is 12.1 Å². The zero-order chi connectivity index (χ0) is 13.3. The van der Waals surface area contributed by atoms with Gasteiger partial charge in [0.25, 0.3) is 0 Å². The van der Waals surface area contributed by atoms with Crippen molar-refractivity contribution in [3.63, 3.8) is 0 Å². The van der Waals surface area contributed by atoms with Gasteiger partial charge in [0.15, 0.2) is 0 Å². The van der Waals surface area contributed by atoms with Gasteiger partial charge in [-0.15, -0.1) is 0 Å². The predicted molar refractivity (Wildman–Crippen MR) is 73.1 cm³/mol. The first-order valence-corrected chi connectivity index (χ1v) is 6.91. The van der Waals surface area contributed by atoms with Gasteiger partial charge in [-0.3, -0.25) is 10.1 Å². The van der Waals surface area contributed by atoms with Crippen LogP contribution < -0.4 is 15.4 Å². The zero-order valence-electron chi connectivity index (χ0n) is 11.2. The number of nitrogens with one attached hydrogen (secondary N) is 2. The highest BCUT2D eigenvalue weighted by molar-refractivity contribution is 5.88. The van der Waals surface area contributed by atoms with Crippen molar-refractivity contribution in [2.75, 3.05) is 13.8 Å². The standard InChI is InChI=1S/C15H20N2O2/c1-19-13-4-2-11(3-5-13)12-6-8-15(9-7-12)14(18)16-10-17-15/h2-5,12,17H,6-10H2,1H3,(H,16,18). The Hall–Kier alpha value is -1.55. The van der Waals surface area contributed by atoms with E-state index in [9.17, 15) is 4.79 Å². The summed E-state index contributed by atoms with van der Waals surface area (Å²) >= 11 is 0. The Morgan fingerprint density at radius 1 is 1.21 bits per heavy atom. The molecule has 0 atom stereocenters. The molecule has 1 amide bonds. The average molecular weight is 260 g/mol. The maximum atomic E-state index is 11.9. The van der Waals surface area contributed by atoms with Crippen molar-refractivity contribution in [3.05, 3.63) is 29.8 Å². The van der Waals surface area contributed by atoms with Gasteiger partial charge >= 0.3 is 0 Å². The Kier molecular flexibility index (Phi) is 3.19. The molecule has 1 aliphatic carbocycles. The molecule has 1 aromatic carbocycles. The summed E-state index contributed by atoms with van der Waals surface area (Å²) in [6.45, 7) is 0.617. The van der Waals surface area contributed by atoms with Crippen LogP contribution in [0.1, 0.15) is 37.2 Å². The number of carbonyl (C=O) groups excluding carboxylic acids is 1. The first-order chi connectivity index (χ1) is 9.23. The van der Waals surface area contributed by atoms with E-state index in [2.05, 4.69) is 22.8 Å². The monoisotopic (exact) mass is 260 g/mol. The molecule has 2 fully saturated rings. The number of methoxy groups -OCH3 is 1. The van der Waals surface area contributed by atoms with Crippen molar-refractivity contribution in [2.24, 2.45) is 0 Å². The lowest BCUT2D eigenvalue weighted by molar-refractivity contribution is -0.125. The van der Waals surface area contributed by atoms with Gasteiger partial charge in [0, 0.05) is 0 Å². The maximum absolute atomic E-state index is 11.9. The molecule has 0 radical (unpaired) electrons. The number of ether oxygens (including phenoxy) is 1. The molecule has 1 heterocycles. The summed E-state index contributed by atoms with van der Waals surface area (Å²) in [5.41, 5.74) is 1.07. The highest BCUT2D eigenvalue weighted by Crippen LogP contribution is 2.39. The number of hydrogen-bond acceptors (Lipinski definition) is 3. The van der Waals surface area contributed by atoms with Crippen LogP contribution in [0.5, 0.6) is 5.75 Å². The highest BCUT2D eigenvalue weighted by Gasteiger charge is 2.44. The predicted octanol–water partition coefficient (Wildman–Crippen LogP) is 1.77. The second kappa shape index (κ2) is 4.85. The maximum Gasteiger partial charge on any atom is 0.241 e. The summed E-state index contributed by atoms with van der Waals surface area (Å²) in [6, 6.07) is 8.31. The summed E-state index contributed by atoms with van der Waals surface area (Å²) < 4.78 is 5.18. The fraction of sp³-hybridized carbons (Fsp3) is 0.533. The lowest BCUT2D eigenvalue weighted by Crippen LogP contribution is -2.48. The number of benzene rings is 1. The molecule has 1 spiro atoms. The van der Waals surface area contributed by atoms with E-state index in [1.807, 2.05) is 12.1 Å². The third-order valence-corrected chi connectivity index (χ3v) is 4.54. The SMILES string of the molecule is COc1ccc(C2CCC3(CC2)NCNC3=O)cc1. The van der Waals surface area contributed by atoms with Crippen LogP contribution in [-0.2, 0) is 4.79 Å². The van der Waals surface area contributed by atoms with Crippen LogP contribution in [-0.4, -0.2) is 25.2 Å². The van der Waals surface area contributed by atoms with Gasteiger partial charge in [-0.2, -0.15) is 0 Å². The number of hydrogen-bond donors (Lipinski definition) is 2. The van der Waals surface area contributed by atoms with E-state index in [4.69, 9.17) is 4.74 Å². The molecule has 0 aromatic heterocycles. The lowest BCUT2D eigenvalue weighted by Gasteiger charge is -2.35. The van der Waals surface area contributed by atoms with Crippen molar-refractivity contribution in [1.82, 2.24) is 10.6 Å². The molecular formula is C15H20N2O2. The molecule has 19 heavy (non-hydrogen) atoms. The second-order valence-corrected chi connectivity index (χ2v) is 5.49. The van der Waals surface area contributed by atoms with Crippen molar-refractivity contribution in [1.29, 1.82) is 0 Å². The smallest absolute Gasteiger partial charge is 0.241 e. The van der Waals surface area contributed by atoms with E-state index >= 15 is 0 Å². The molecule has 4 heteroatoms. The molecule has 102 valence electrons. The Balaban J connectivity index is 1.67. The largest absolute Gasteiger partial charge is 0.497 e. The quantitative estimate of drug-likeness (QED) is 0.852. The van der Waals surface area contributed by atoms with Crippen LogP contribution in [0.2, 0.25) is 0 Å². The van der Waals surface area contributed by atoms with E-state index < -0.39 is 0 Å². The lowest BCUT2D eigenvalue weighted by atomic mass is 9.74. The molecule has 4 nitrogen and oxygen atoms in total. The Morgan fingerprint density at radius 3 is 2.42 bits per heavy atom. The second-order valence-electron chi connectivity index (χ2n) is 5.49. The molecular weight excluding hydrogens is 240 g/mol. The molecule has 0 bridgehead atoms. The van der Waals surface area contributed by atoms with Crippen LogP contribution in [0, 0.1) is 0 Å². The van der Waals surface area contributed by atoms with E-state index in [0.29, 0.717) is 12.6 Å². The third kappa shape index (κ3) is 2.21. The fourth-order valence-electron chi connectivity index (χ4n) is 3.27. The van der Waals surface area contributed by atoms with Crippen LogP contribution in [0.3, 0.4) is 0 Å². The molecule has 2 aliphatic rings. The molecule has 0 unspecified atom stereocenters. The number of amides is 1. The zero-order valence-corrected chi connectivity index (χ0v) is 11.2. The average Bonchev–Trinajstić information content (AvgIpc) is 2.81. The minimum absolute atomic E-state index is 0.181. The van der Waals surface area contributed by atoms with Gasteiger partial charge in [0.2, 0.25) is 5.91 Å². The molecule has 3 rings (SSSR count). The number of rotatable bonds is 2. The molecule has 1 saturated carbocycles. The first kappa shape index (κ1) is 12.5. The van der Waals surface area contributed by atoms with Crippen molar-refractivity contribution >= 4 is 5.91 Å². The summed E-state index contributed by atoms with van der Waals surface area (Å²) in [5.74, 6) is 1.64. The number of carbonyl (C=O) groups is 1. The van der Waals surface area contributed by atoms with Gasteiger partial charge in [0.05, 0.1) is 19.3 Å². The highest BCUT2D eigenvalue weighted by atomic mass is 16.5.